The Kier molecular flexibility index (Phi) is 6.08. The van der Waals surface area contributed by atoms with Crippen LogP contribution in [0.4, 0.5) is 4.39 Å². The summed E-state index contributed by atoms with van der Waals surface area (Å²) in [7, 11) is 0. The lowest BCUT2D eigenvalue weighted by molar-refractivity contribution is -0.135. The summed E-state index contributed by atoms with van der Waals surface area (Å²) >= 11 is 0. The molecular weight excluding hydrogens is 373 g/mol. The molecule has 1 aliphatic carbocycles. The number of aromatic amines is 1. The van der Waals surface area contributed by atoms with Crippen LogP contribution in [0.2, 0.25) is 0 Å². The highest BCUT2D eigenvalue weighted by Gasteiger charge is 2.36. The number of hydrogen-bond acceptors (Lipinski definition) is 4. The number of carbonyl (C=O) groups is 2. The number of nitrogens with one attached hydrogen (secondary N) is 3. The molecule has 156 valence electrons. The lowest BCUT2D eigenvalue weighted by atomic mass is 10.0. The summed E-state index contributed by atoms with van der Waals surface area (Å²) in [6.07, 6.45) is 6.23. The van der Waals surface area contributed by atoms with Crippen LogP contribution in [0.25, 0.3) is 11.0 Å². The molecule has 0 unspecified atom stereocenters. The van der Waals surface area contributed by atoms with Gasteiger partial charge in [-0.25, -0.2) is 9.37 Å². The Hall–Kier alpha value is -2.48. The number of aryl methyl sites for hydroxylation is 1. The number of hydrogen-bond donors (Lipinski definition) is 3. The lowest BCUT2D eigenvalue weighted by Crippen LogP contribution is -2.59. The van der Waals surface area contributed by atoms with Crippen molar-refractivity contribution in [1.29, 1.82) is 0 Å². The fourth-order valence-corrected chi connectivity index (χ4v) is 4.50. The highest BCUT2D eigenvalue weighted by atomic mass is 19.1. The van der Waals surface area contributed by atoms with E-state index in [0.29, 0.717) is 31.1 Å². The number of benzene rings is 1. The van der Waals surface area contributed by atoms with E-state index < -0.39 is 0 Å². The second kappa shape index (κ2) is 8.90. The molecule has 8 heteroatoms. The Labute approximate surface area is 169 Å². The molecule has 0 radical (unpaired) electrons. The largest absolute Gasteiger partial charge is 0.356 e. The van der Waals surface area contributed by atoms with Gasteiger partial charge in [-0.3, -0.25) is 14.5 Å². The van der Waals surface area contributed by atoms with Crippen LogP contribution in [0.5, 0.6) is 0 Å². The van der Waals surface area contributed by atoms with E-state index in [1.54, 1.807) is 6.07 Å². The topological polar surface area (TPSA) is 90.1 Å². The molecule has 29 heavy (non-hydrogen) atoms. The highest BCUT2D eigenvalue weighted by Crippen LogP contribution is 2.26. The number of halogens is 1. The zero-order valence-electron chi connectivity index (χ0n) is 16.5. The molecule has 2 heterocycles. The van der Waals surface area contributed by atoms with E-state index in [2.05, 4.69) is 25.5 Å². The number of amides is 2. The first-order valence-electron chi connectivity index (χ1n) is 10.5. The monoisotopic (exact) mass is 401 g/mol. The molecule has 3 N–H and O–H groups in total. The number of piperazine rings is 1. The normalized spacial score (nSPS) is 20.9. The Balaban J connectivity index is 1.24. The molecule has 1 atom stereocenters. The number of imidazole rings is 1. The molecule has 1 aliphatic heterocycles. The zero-order chi connectivity index (χ0) is 20.2. The third-order valence-electron chi connectivity index (χ3n) is 5.95. The number of aromatic nitrogens is 2. The molecule has 7 nitrogen and oxygen atoms in total. The number of fused-ring (bicyclic) bond motifs is 1. The van der Waals surface area contributed by atoms with Crippen molar-refractivity contribution in [1.82, 2.24) is 25.5 Å². The van der Waals surface area contributed by atoms with Crippen molar-refractivity contribution < 1.29 is 14.0 Å². The molecule has 1 saturated carbocycles. The van der Waals surface area contributed by atoms with Gasteiger partial charge in [-0.05, 0) is 37.5 Å². The summed E-state index contributed by atoms with van der Waals surface area (Å²) in [4.78, 5) is 34.6. The lowest BCUT2D eigenvalue weighted by Gasteiger charge is -2.38. The molecular formula is C21H28FN5O2. The van der Waals surface area contributed by atoms with Crippen LogP contribution in [0, 0.1) is 5.82 Å². The molecule has 0 bridgehead atoms. The SMILES string of the molecule is O=C(C[C@H]1C(=O)NCCN1C1CCCC1)NCCCc1nc2ccc(F)cc2[nH]1. The minimum Gasteiger partial charge on any atom is -0.356 e. The van der Waals surface area contributed by atoms with Gasteiger partial charge in [0.15, 0.2) is 0 Å². The van der Waals surface area contributed by atoms with Gasteiger partial charge in [0.1, 0.15) is 11.6 Å². The second-order valence-corrected chi connectivity index (χ2v) is 7.99. The zero-order valence-corrected chi connectivity index (χ0v) is 16.5. The quantitative estimate of drug-likeness (QED) is 0.618. The van der Waals surface area contributed by atoms with Crippen molar-refractivity contribution in [3.63, 3.8) is 0 Å². The molecule has 1 aromatic heterocycles. The first-order chi connectivity index (χ1) is 14.1. The van der Waals surface area contributed by atoms with Crippen molar-refractivity contribution in [3.8, 4) is 0 Å². The number of carbonyl (C=O) groups excluding carboxylic acids is 2. The van der Waals surface area contributed by atoms with Gasteiger partial charge in [0.2, 0.25) is 11.8 Å². The Morgan fingerprint density at radius 1 is 1.31 bits per heavy atom. The van der Waals surface area contributed by atoms with E-state index in [0.717, 1.165) is 37.1 Å². The maximum atomic E-state index is 13.3. The maximum Gasteiger partial charge on any atom is 0.237 e. The average Bonchev–Trinajstić information content (AvgIpc) is 3.36. The summed E-state index contributed by atoms with van der Waals surface area (Å²) in [5.41, 5.74) is 1.42. The van der Waals surface area contributed by atoms with Gasteiger partial charge in [-0.15, -0.1) is 0 Å². The van der Waals surface area contributed by atoms with Crippen molar-refractivity contribution >= 4 is 22.8 Å². The molecule has 2 aliphatic rings. The summed E-state index contributed by atoms with van der Waals surface area (Å²) in [5, 5.41) is 5.82. The van der Waals surface area contributed by atoms with Crippen molar-refractivity contribution in [3.05, 3.63) is 29.8 Å². The molecule has 2 amide bonds. The van der Waals surface area contributed by atoms with Crippen molar-refractivity contribution in [2.24, 2.45) is 0 Å². The fourth-order valence-electron chi connectivity index (χ4n) is 4.50. The molecule has 0 spiro atoms. The highest BCUT2D eigenvalue weighted by molar-refractivity contribution is 5.88. The average molecular weight is 401 g/mol. The van der Waals surface area contributed by atoms with E-state index >= 15 is 0 Å². The van der Waals surface area contributed by atoms with Gasteiger partial charge in [0.05, 0.1) is 23.5 Å². The predicted octanol–water partition coefficient (Wildman–Crippen LogP) is 1.88. The maximum absolute atomic E-state index is 13.3. The number of H-pyrrole nitrogens is 1. The molecule has 1 aromatic carbocycles. The van der Waals surface area contributed by atoms with Crippen LogP contribution < -0.4 is 10.6 Å². The molecule has 4 rings (SSSR count). The summed E-state index contributed by atoms with van der Waals surface area (Å²) < 4.78 is 13.3. The van der Waals surface area contributed by atoms with E-state index in [1.807, 2.05) is 0 Å². The summed E-state index contributed by atoms with van der Waals surface area (Å²) in [6, 6.07) is 4.54. The Bertz CT molecular complexity index is 877. The van der Waals surface area contributed by atoms with Crippen LogP contribution in [-0.4, -0.2) is 58.4 Å². The van der Waals surface area contributed by atoms with Gasteiger partial charge in [0, 0.05) is 32.1 Å². The molecule has 2 aromatic rings. The summed E-state index contributed by atoms with van der Waals surface area (Å²) in [6.45, 7) is 2.00. The minimum atomic E-state index is -0.364. The molecule has 1 saturated heterocycles. The smallest absolute Gasteiger partial charge is 0.237 e. The van der Waals surface area contributed by atoms with E-state index in [4.69, 9.17) is 0 Å². The fraction of sp³-hybridized carbons (Fsp3) is 0.571. The van der Waals surface area contributed by atoms with E-state index in [-0.39, 0.29) is 30.1 Å². The van der Waals surface area contributed by atoms with Gasteiger partial charge >= 0.3 is 0 Å². The van der Waals surface area contributed by atoms with E-state index in [9.17, 15) is 14.0 Å². The van der Waals surface area contributed by atoms with Gasteiger partial charge in [-0.2, -0.15) is 0 Å². The Morgan fingerprint density at radius 3 is 2.97 bits per heavy atom. The minimum absolute atomic E-state index is 0.0344. The third kappa shape index (κ3) is 4.75. The van der Waals surface area contributed by atoms with Gasteiger partial charge in [-0.1, -0.05) is 12.8 Å². The van der Waals surface area contributed by atoms with Gasteiger partial charge in [0.25, 0.3) is 0 Å². The first-order valence-corrected chi connectivity index (χ1v) is 10.5. The van der Waals surface area contributed by atoms with Crippen LogP contribution in [0.3, 0.4) is 0 Å². The first kappa shape index (κ1) is 19.8. The van der Waals surface area contributed by atoms with Crippen LogP contribution in [-0.2, 0) is 16.0 Å². The number of nitrogens with zero attached hydrogens (tertiary/aromatic N) is 2. The van der Waals surface area contributed by atoms with Crippen LogP contribution in [0.15, 0.2) is 18.2 Å². The van der Waals surface area contributed by atoms with Crippen molar-refractivity contribution in [2.45, 2.75) is 57.0 Å². The van der Waals surface area contributed by atoms with Gasteiger partial charge < -0.3 is 15.6 Å². The van der Waals surface area contributed by atoms with E-state index in [1.165, 1.54) is 25.0 Å². The standard InChI is InChI=1S/C21H28FN5O2/c22-14-7-8-16-17(12-14)26-19(25-16)6-3-9-23-20(28)13-18-21(29)24-10-11-27(18)15-4-1-2-5-15/h7-8,12,15,18H,1-6,9-11,13H2,(H,23,28)(H,24,29)(H,25,26)/t18-/m0/s1. The predicted molar refractivity (Wildman–Crippen MR) is 108 cm³/mol. The Morgan fingerprint density at radius 2 is 2.14 bits per heavy atom. The summed E-state index contributed by atoms with van der Waals surface area (Å²) in [5.74, 6) is 0.354. The van der Waals surface area contributed by atoms with Crippen molar-refractivity contribution in [2.75, 3.05) is 19.6 Å². The molecule has 2 fully saturated rings. The number of rotatable bonds is 7. The second-order valence-electron chi connectivity index (χ2n) is 7.99. The van der Waals surface area contributed by atoms with Crippen LogP contribution in [0.1, 0.15) is 44.3 Å². The third-order valence-corrected chi connectivity index (χ3v) is 5.95. The van der Waals surface area contributed by atoms with Crippen LogP contribution >= 0.6 is 0 Å².